The van der Waals surface area contributed by atoms with Gasteiger partial charge in [-0.1, -0.05) is 24.4 Å². The molecule has 0 aromatic carbocycles. The van der Waals surface area contributed by atoms with E-state index in [-0.39, 0.29) is 11.7 Å². The van der Waals surface area contributed by atoms with Crippen molar-refractivity contribution in [1.29, 1.82) is 0 Å². The monoisotopic (exact) mass is 279 g/mol. The summed E-state index contributed by atoms with van der Waals surface area (Å²) < 4.78 is 5.37. The average Bonchev–Trinajstić information content (AvgIpc) is 2.78. The number of carbonyl (C=O) groups excluding carboxylic acids is 1. The molecule has 1 heterocycles. The fraction of sp³-hybridized carbons (Fsp3) is 0.571. The van der Waals surface area contributed by atoms with Crippen LogP contribution in [0, 0.1) is 13.8 Å². The van der Waals surface area contributed by atoms with E-state index in [0.717, 1.165) is 19.3 Å². The molecule has 0 radical (unpaired) electrons. The van der Waals surface area contributed by atoms with Crippen LogP contribution in [0.3, 0.4) is 0 Å². The van der Waals surface area contributed by atoms with Crippen LogP contribution in [0.5, 0.6) is 0 Å². The zero-order valence-electron chi connectivity index (χ0n) is 11.9. The van der Waals surface area contributed by atoms with E-state index in [1.54, 1.807) is 19.9 Å². The summed E-state index contributed by atoms with van der Waals surface area (Å²) >= 11 is 0. The van der Waals surface area contributed by atoms with Crippen LogP contribution in [0.2, 0.25) is 0 Å². The average molecular weight is 279 g/mol. The quantitative estimate of drug-likeness (QED) is 0.341. The fourth-order valence-electron chi connectivity index (χ4n) is 2.84. The predicted molar refractivity (Wildman–Crippen MR) is 74.9 cm³/mol. The second-order valence-electron chi connectivity index (χ2n) is 5.41. The molecule has 1 aromatic heterocycles. The van der Waals surface area contributed by atoms with Crippen LogP contribution in [-0.2, 0) is 0 Å². The highest BCUT2D eigenvalue weighted by Crippen LogP contribution is 2.29. The lowest BCUT2D eigenvalue weighted by molar-refractivity contribution is 0.0904. The Kier molecular flexibility index (Phi) is 4.01. The minimum absolute atomic E-state index is 0.0726. The zero-order chi connectivity index (χ0) is 14.8. The third-order valence-electron chi connectivity index (χ3n) is 3.94. The van der Waals surface area contributed by atoms with Crippen molar-refractivity contribution in [2.75, 3.05) is 0 Å². The van der Waals surface area contributed by atoms with Crippen molar-refractivity contribution >= 4 is 11.7 Å². The fourth-order valence-corrected chi connectivity index (χ4v) is 2.84. The number of amides is 1. The number of hydrogen-bond acceptors (Lipinski definition) is 4. The molecule has 0 atom stereocenters. The summed E-state index contributed by atoms with van der Waals surface area (Å²) in [7, 11) is 0. The topological polar surface area (TPSA) is 101 Å². The SMILES string of the molecule is Cc1cc(C(=O)NC2(/C(N)=N/O)CCCCC2)c(C)o1. The van der Waals surface area contributed by atoms with Crippen LogP contribution in [0.4, 0.5) is 0 Å². The Hall–Kier alpha value is -1.98. The number of carbonyl (C=O) groups is 1. The molecule has 0 bridgehead atoms. The van der Waals surface area contributed by atoms with E-state index in [1.165, 1.54) is 0 Å². The molecule has 0 unspecified atom stereocenters. The molecule has 1 aliphatic rings. The van der Waals surface area contributed by atoms with Crippen molar-refractivity contribution < 1.29 is 14.4 Å². The molecule has 4 N–H and O–H groups in total. The smallest absolute Gasteiger partial charge is 0.255 e. The highest BCUT2D eigenvalue weighted by Gasteiger charge is 2.38. The van der Waals surface area contributed by atoms with E-state index in [2.05, 4.69) is 10.5 Å². The van der Waals surface area contributed by atoms with Crippen molar-refractivity contribution in [3.05, 3.63) is 23.2 Å². The number of amidine groups is 1. The van der Waals surface area contributed by atoms with Crippen LogP contribution in [0.25, 0.3) is 0 Å². The van der Waals surface area contributed by atoms with Crippen molar-refractivity contribution in [3.63, 3.8) is 0 Å². The van der Waals surface area contributed by atoms with Crippen molar-refractivity contribution in [3.8, 4) is 0 Å². The molecule has 2 rings (SSSR count). The molecule has 1 aromatic rings. The largest absolute Gasteiger partial charge is 0.466 e. The molecule has 1 fully saturated rings. The van der Waals surface area contributed by atoms with E-state index in [0.29, 0.717) is 29.9 Å². The van der Waals surface area contributed by atoms with Gasteiger partial charge in [-0.15, -0.1) is 0 Å². The molecule has 0 saturated heterocycles. The van der Waals surface area contributed by atoms with Gasteiger partial charge in [0.05, 0.1) is 5.56 Å². The van der Waals surface area contributed by atoms with Crippen LogP contribution < -0.4 is 11.1 Å². The Morgan fingerprint density at radius 3 is 2.55 bits per heavy atom. The third-order valence-corrected chi connectivity index (χ3v) is 3.94. The van der Waals surface area contributed by atoms with Gasteiger partial charge in [0.1, 0.15) is 17.1 Å². The summed E-state index contributed by atoms with van der Waals surface area (Å²) in [6, 6.07) is 1.70. The van der Waals surface area contributed by atoms with E-state index in [1.807, 2.05) is 0 Å². The number of aryl methyl sites for hydroxylation is 2. The number of nitrogens with zero attached hydrogens (tertiary/aromatic N) is 1. The Morgan fingerprint density at radius 1 is 1.40 bits per heavy atom. The lowest BCUT2D eigenvalue weighted by Gasteiger charge is -2.36. The molecule has 1 amide bonds. The Bertz CT molecular complexity index is 528. The first-order valence-electron chi connectivity index (χ1n) is 6.86. The van der Waals surface area contributed by atoms with Gasteiger partial charge in [-0.05, 0) is 32.8 Å². The normalized spacial score (nSPS) is 18.8. The maximum absolute atomic E-state index is 12.4. The highest BCUT2D eigenvalue weighted by molar-refractivity contribution is 6.00. The van der Waals surface area contributed by atoms with Gasteiger partial charge >= 0.3 is 0 Å². The van der Waals surface area contributed by atoms with Gasteiger partial charge in [0, 0.05) is 0 Å². The predicted octanol–water partition coefficient (Wildman–Crippen LogP) is 2.08. The van der Waals surface area contributed by atoms with Crippen LogP contribution >= 0.6 is 0 Å². The number of rotatable bonds is 3. The lowest BCUT2D eigenvalue weighted by Crippen LogP contribution is -2.58. The Labute approximate surface area is 118 Å². The third kappa shape index (κ3) is 2.64. The maximum Gasteiger partial charge on any atom is 0.255 e. The molecule has 0 spiro atoms. The molecular weight excluding hydrogens is 258 g/mol. The van der Waals surface area contributed by atoms with Crippen molar-refractivity contribution in [1.82, 2.24) is 5.32 Å². The first-order chi connectivity index (χ1) is 9.48. The summed E-state index contributed by atoms with van der Waals surface area (Å²) in [6.45, 7) is 3.54. The van der Waals surface area contributed by atoms with Gasteiger partial charge < -0.3 is 20.7 Å². The highest BCUT2D eigenvalue weighted by atomic mass is 16.4. The maximum atomic E-state index is 12.4. The van der Waals surface area contributed by atoms with E-state index in [4.69, 9.17) is 15.4 Å². The van der Waals surface area contributed by atoms with E-state index >= 15 is 0 Å². The summed E-state index contributed by atoms with van der Waals surface area (Å²) in [6.07, 6.45) is 4.36. The van der Waals surface area contributed by atoms with Gasteiger partial charge in [0.15, 0.2) is 5.84 Å². The number of furan rings is 1. The standard InChI is InChI=1S/C14H21N3O3/c1-9-8-11(10(2)20-9)12(18)16-14(13(15)17-19)6-4-3-5-7-14/h8,19H,3-7H2,1-2H3,(H2,15,17)(H,16,18). The number of hydrogen-bond donors (Lipinski definition) is 3. The van der Waals surface area contributed by atoms with Crippen LogP contribution in [-0.4, -0.2) is 22.5 Å². The summed E-state index contributed by atoms with van der Waals surface area (Å²) in [5.74, 6) is 1.09. The molecular formula is C14H21N3O3. The number of nitrogens with one attached hydrogen (secondary N) is 1. The Morgan fingerprint density at radius 2 is 2.05 bits per heavy atom. The lowest BCUT2D eigenvalue weighted by atomic mass is 9.80. The first kappa shape index (κ1) is 14.4. The zero-order valence-corrected chi connectivity index (χ0v) is 11.9. The molecule has 1 aliphatic carbocycles. The molecule has 110 valence electrons. The summed E-state index contributed by atoms with van der Waals surface area (Å²) in [5, 5.41) is 15.0. The summed E-state index contributed by atoms with van der Waals surface area (Å²) in [5.41, 5.74) is 5.56. The van der Waals surface area contributed by atoms with Crippen LogP contribution in [0.1, 0.15) is 54.0 Å². The second-order valence-corrected chi connectivity index (χ2v) is 5.41. The van der Waals surface area contributed by atoms with Crippen LogP contribution in [0.15, 0.2) is 15.6 Å². The number of oxime groups is 1. The molecule has 0 aliphatic heterocycles. The van der Waals surface area contributed by atoms with Gasteiger partial charge in [-0.2, -0.15) is 0 Å². The Balaban J connectivity index is 2.24. The van der Waals surface area contributed by atoms with E-state index in [9.17, 15) is 4.79 Å². The minimum Gasteiger partial charge on any atom is -0.466 e. The summed E-state index contributed by atoms with van der Waals surface area (Å²) in [4.78, 5) is 12.4. The van der Waals surface area contributed by atoms with Crippen molar-refractivity contribution in [2.24, 2.45) is 10.9 Å². The van der Waals surface area contributed by atoms with E-state index < -0.39 is 5.54 Å². The van der Waals surface area contributed by atoms with Gasteiger partial charge in [0.25, 0.3) is 5.91 Å². The van der Waals surface area contributed by atoms with Gasteiger partial charge in [0.2, 0.25) is 0 Å². The molecule has 6 nitrogen and oxygen atoms in total. The minimum atomic E-state index is -0.748. The first-order valence-corrected chi connectivity index (χ1v) is 6.86. The second kappa shape index (κ2) is 5.56. The van der Waals surface area contributed by atoms with Gasteiger partial charge in [-0.3, -0.25) is 4.79 Å². The molecule has 6 heteroatoms. The number of nitrogens with two attached hydrogens (primary N) is 1. The molecule has 20 heavy (non-hydrogen) atoms. The van der Waals surface area contributed by atoms with Crippen molar-refractivity contribution in [2.45, 2.75) is 51.5 Å². The van der Waals surface area contributed by atoms with Gasteiger partial charge in [-0.25, -0.2) is 0 Å². The molecule has 1 saturated carbocycles.